The molecule has 1 fully saturated rings. The monoisotopic (exact) mass is 674 g/mol. The number of rotatable bonds is 16. The first-order valence-corrected chi connectivity index (χ1v) is 16.8. The van der Waals surface area contributed by atoms with Crippen molar-refractivity contribution in [3.05, 3.63) is 129 Å². The van der Waals surface area contributed by atoms with Crippen molar-refractivity contribution in [3.63, 3.8) is 0 Å². The zero-order valence-corrected chi connectivity index (χ0v) is 28.9. The van der Waals surface area contributed by atoms with E-state index in [2.05, 4.69) is 11.9 Å². The quantitative estimate of drug-likeness (QED) is 0.0755. The number of unbranched alkanes of at least 4 members (excludes halogenated alkanes) is 3. The molecule has 0 saturated carbocycles. The van der Waals surface area contributed by atoms with Crippen LogP contribution in [0.2, 0.25) is 0 Å². The van der Waals surface area contributed by atoms with Crippen LogP contribution in [-0.4, -0.2) is 79.1 Å². The number of benzene rings is 3. The number of methoxy groups -OCH3 is 2. The van der Waals surface area contributed by atoms with Gasteiger partial charge in [-0.3, -0.25) is 14.3 Å². The molecule has 262 valence electrons. The van der Waals surface area contributed by atoms with Crippen molar-refractivity contribution >= 4 is 0 Å². The van der Waals surface area contributed by atoms with Crippen molar-refractivity contribution < 1.29 is 33.5 Å². The highest BCUT2D eigenvalue weighted by Gasteiger charge is 2.51. The largest absolute Gasteiger partial charge is 0.497 e. The van der Waals surface area contributed by atoms with Crippen LogP contribution in [0, 0.1) is 0 Å². The van der Waals surface area contributed by atoms with Crippen LogP contribution in [-0.2, 0) is 19.9 Å². The lowest BCUT2D eigenvalue weighted by molar-refractivity contribution is -1.08. The van der Waals surface area contributed by atoms with Crippen LogP contribution < -0.4 is 20.7 Å². The van der Waals surface area contributed by atoms with Crippen LogP contribution in [0.3, 0.4) is 0 Å². The summed E-state index contributed by atoms with van der Waals surface area (Å²) in [7, 11) is 7.07. The fourth-order valence-corrected chi connectivity index (χ4v) is 6.40. The van der Waals surface area contributed by atoms with Gasteiger partial charge in [-0.25, -0.2) is 4.79 Å². The Balaban J connectivity index is 1.53. The minimum atomic E-state index is -1.18. The molecule has 0 amide bonds. The minimum Gasteiger partial charge on any atom is -0.497 e. The molecule has 1 aliphatic heterocycles. The number of hydrogen-bond donors (Lipinski definition) is 2. The highest BCUT2D eigenvalue weighted by Crippen LogP contribution is 2.43. The zero-order valence-electron chi connectivity index (χ0n) is 28.9. The van der Waals surface area contributed by atoms with E-state index in [1.807, 2.05) is 93.0 Å². The molecular weight excluding hydrogens is 626 g/mol. The predicted octanol–water partition coefficient (Wildman–Crippen LogP) is 4.78. The Morgan fingerprint density at radius 1 is 0.837 bits per heavy atom. The SMILES string of the molecule is CCCCCC[N+](C)(C)O[C@@H]1[C@H](O)[C@@H](COC(c2ccccc2)(c2ccc(OC)cc2)c2ccc(OC)cc2)O[C@H]1n1ccc(=O)[nH]c1=O. The summed E-state index contributed by atoms with van der Waals surface area (Å²) >= 11 is 0. The van der Waals surface area contributed by atoms with Gasteiger partial charge in [-0.2, -0.15) is 9.48 Å². The van der Waals surface area contributed by atoms with Crippen LogP contribution in [0.15, 0.2) is 101 Å². The number of quaternary nitrogens is 1. The van der Waals surface area contributed by atoms with Gasteiger partial charge in [0.15, 0.2) is 12.3 Å². The molecule has 1 aromatic heterocycles. The number of ether oxygens (including phenoxy) is 4. The Morgan fingerprint density at radius 2 is 1.43 bits per heavy atom. The van der Waals surface area contributed by atoms with E-state index in [0.717, 1.165) is 42.4 Å². The van der Waals surface area contributed by atoms with Gasteiger partial charge in [0.25, 0.3) is 5.56 Å². The first-order valence-electron chi connectivity index (χ1n) is 16.8. The summed E-state index contributed by atoms with van der Waals surface area (Å²) < 4.78 is 25.8. The molecule has 0 spiro atoms. The summed E-state index contributed by atoms with van der Waals surface area (Å²) in [4.78, 5) is 33.8. The summed E-state index contributed by atoms with van der Waals surface area (Å²) in [6.07, 6.45) is 1.51. The number of hydroxylamine groups is 3. The summed E-state index contributed by atoms with van der Waals surface area (Å²) in [6, 6.07) is 26.4. The van der Waals surface area contributed by atoms with E-state index in [1.165, 1.54) is 16.8 Å². The van der Waals surface area contributed by atoms with Crippen molar-refractivity contribution in [1.82, 2.24) is 9.55 Å². The average molecular weight is 675 g/mol. The fraction of sp³-hybridized carbons (Fsp3) is 0.421. The Hall–Kier alpha value is -4.26. The normalized spacial score (nSPS) is 19.6. The van der Waals surface area contributed by atoms with E-state index in [1.54, 1.807) is 14.2 Å². The van der Waals surface area contributed by atoms with E-state index >= 15 is 0 Å². The van der Waals surface area contributed by atoms with Gasteiger partial charge in [-0.1, -0.05) is 74.4 Å². The Labute approximate surface area is 287 Å². The summed E-state index contributed by atoms with van der Waals surface area (Å²) in [5.74, 6) is 1.39. The van der Waals surface area contributed by atoms with Crippen molar-refractivity contribution in [3.8, 4) is 11.5 Å². The number of nitrogens with one attached hydrogen (secondary N) is 1. The van der Waals surface area contributed by atoms with Crippen molar-refractivity contribution in [2.45, 2.75) is 62.7 Å². The lowest BCUT2D eigenvalue weighted by Crippen LogP contribution is -2.50. The molecule has 1 saturated heterocycles. The second-order valence-electron chi connectivity index (χ2n) is 12.8. The number of aliphatic hydroxyl groups is 1. The predicted molar refractivity (Wildman–Crippen MR) is 185 cm³/mol. The molecule has 4 aromatic rings. The van der Waals surface area contributed by atoms with Crippen LogP contribution in [0.5, 0.6) is 11.5 Å². The third kappa shape index (κ3) is 8.14. The van der Waals surface area contributed by atoms with E-state index < -0.39 is 41.4 Å². The fourth-order valence-electron chi connectivity index (χ4n) is 6.40. The molecule has 11 heteroatoms. The highest BCUT2D eigenvalue weighted by atomic mass is 16.7. The molecule has 2 N–H and O–H groups in total. The maximum atomic E-state index is 13.0. The molecule has 2 heterocycles. The topological polar surface area (TPSA) is 121 Å². The maximum Gasteiger partial charge on any atom is 0.330 e. The molecule has 0 radical (unpaired) electrons. The summed E-state index contributed by atoms with van der Waals surface area (Å²) in [5.41, 5.74) is 0.148. The molecule has 4 atom stereocenters. The van der Waals surface area contributed by atoms with Crippen LogP contribution >= 0.6 is 0 Å². The van der Waals surface area contributed by atoms with Crippen molar-refractivity contribution in [1.29, 1.82) is 0 Å². The van der Waals surface area contributed by atoms with Crippen molar-refractivity contribution in [2.24, 2.45) is 0 Å². The molecule has 0 bridgehead atoms. The third-order valence-electron chi connectivity index (χ3n) is 9.03. The minimum absolute atomic E-state index is 0.0769. The summed E-state index contributed by atoms with van der Waals surface area (Å²) in [5, 5.41) is 11.9. The molecule has 3 aromatic carbocycles. The number of hydrogen-bond acceptors (Lipinski definition) is 8. The van der Waals surface area contributed by atoms with Gasteiger partial charge in [0, 0.05) is 12.3 Å². The Morgan fingerprint density at radius 3 is 1.98 bits per heavy atom. The Kier molecular flexibility index (Phi) is 11.7. The molecule has 5 rings (SSSR count). The maximum absolute atomic E-state index is 13.0. The number of aliphatic hydroxyl groups excluding tert-OH is 1. The van der Waals surface area contributed by atoms with E-state index in [9.17, 15) is 14.7 Å². The third-order valence-corrected chi connectivity index (χ3v) is 9.03. The van der Waals surface area contributed by atoms with Gasteiger partial charge >= 0.3 is 5.69 Å². The van der Waals surface area contributed by atoms with Gasteiger partial charge in [0.2, 0.25) is 0 Å². The van der Waals surface area contributed by atoms with Gasteiger partial charge in [-0.05, 0) is 53.8 Å². The van der Waals surface area contributed by atoms with Gasteiger partial charge < -0.3 is 24.1 Å². The zero-order chi connectivity index (χ0) is 35.0. The number of H-pyrrole nitrogens is 1. The average Bonchev–Trinajstić information content (AvgIpc) is 3.41. The Bertz CT molecular complexity index is 1690. The standard InChI is InChI=1S/C38H47N3O8/c1-6-7-8-12-25-41(2,3)49-35-34(43)32(48-36(35)40-24-23-33(42)39-37(40)44)26-47-38(27-13-10-9-11-14-27,28-15-19-30(45-4)20-16-28)29-17-21-31(46-5)22-18-29/h9-11,13-24,32,34-36,43H,6-8,12,25-26H2,1-5H3/p+1/t32-,34-,35-,36-/m1/s1. The first-order chi connectivity index (χ1) is 23.6. The van der Waals surface area contributed by atoms with Gasteiger partial charge in [0.05, 0.1) is 34.9 Å². The first kappa shape index (κ1) is 36.0. The second-order valence-corrected chi connectivity index (χ2v) is 12.8. The lowest BCUT2D eigenvalue weighted by Gasteiger charge is -2.37. The molecule has 0 aliphatic carbocycles. The molecule has 0 unspecified atom stereocenters. The highest BCUT2D eigenvalue weighted by molar-refractivity contribution is 5.49. The molecule has 49 heavy (non-hydrogen) atoms. The smallest absolute Gasteiger partial charge is 0.330 e. The number of aromatic nitrogens is 2. The molecular formula is C38H48N3O8+. The second kappa shape index (κ2) is 16.0. The van der Waals surface area contributed by atoms with Gasteiger partial charge in [-0.15, -0.1) is 0 Å². The molecule has 1 aliphatic rings. The molecule has 11 nitrogen and oxygen atoms in total. The van der Waals surface area contributed by atoms with Crippen LogP contribution in [0.25, 0.3) is 0 Å². The van der Waals surface area contributed by atoms with E-state index in [-0.39, 0.29) is 11.3 Å². The lowest BCUT2D eigenvalue weighted by atomic mass is 9.80. The number of aromatic amines is 1. The van der Waals surface area contributed by atoms with E-state index in [4.69, 9.17) is 23.8 Å². The number of nitrogens with zero attached hydrogens (tertiary/aromatic N) is 2. The summed E-state index contributed by atoms with van der Waals surface area (Å²) in [6.45, 7) is 2.78. The van der Waals surface area contributed by atoms with Gasteiger partial charge in [0.1, 0.15) is 35.9 Å². The van der Waals surface area contributed by atoms with E-state index in [0.29, 0.717) is 18.0 Å². The van der Waals surface area contributed by atoms with Crippen LogP contribution in [0.4, 0.5) is 0 Å². The van der Waals surface area contributed by atoms with Crippen molar-refractivity contribution in [2.75, 3.05) is 41.5 Å². The van der Waals surface area contributed by atoms with Crippen LogP contribution in [0.1, 0.15) is 55.5 Å².